The number of aliphatic carboxylic acids is 2. The smallest absolute Gasteiger partial charge is 0.339 e. The number of nitrogens with one attached hydrogen (secondary N) is 5. The number of carbonyl (C=O) groups excluding carboxylic acids is 10. The maximum atomic E-state index is 13.1. The lowest BCUT2D eigenvalue weighted by molar-refractivity contribution is -0.385. The number of amides is 7. The van der Waals surface area contributed by atoms with E-state index in [1.807, 2.05) is 0 Å². The average molecular weight is 2000 g/mol. The molecule has 2 aliphatic carbocycles. The fourth-order valence-electron chi connectivity index (χ4n) is 15.6. The molecule has 15 rings (SSSR count). The van der Waals surface area contributed by atoms with Crippen LogP contribution in [0.25, 0.3) is 17.0 Å². The molecule has 4 atom stereocenters. The van der Waals surface area contributed by atoms with E-state index in [2.05, 4.69) is 26.6 Å². The molecule has 42 heteroatoms. The van der Waals surface area contributed by atoms with E-state index in [9.17, 15) is 122 Å². The number of rotatable bonds is 33. The topological polar surface area (TPSA) is 636 Å². The number of ketones is 1. The number of phenols is 2. The van der Waals surface area contributed by atoms with Crippen molar-refractivity contribution in [1.29, 1.82) is 0 Å². The number of benzene rings is 10. The molecule has 3 heterocycles. The quantitative estimate of drug-likeness (QED) is 0.00265. The highest BCUT2D eigenvalue weighted by atomic mass is 16.7. The van der Waals surface area contributed by atoms with Crippen molar-refractivity contribution < 1.29 is 160 Å². The van der Waals surface area contributed by atoms with Crippen LogP contribution in [0.1, 0.15) is 185 Å². The van der Waals surface area contributed by atoms with E-state index >= 15 is 0 Å². The van der Waals surface area contributed by atoms with Gasteiger partial charge in [-0.1, -0.05) is 74.2 Å². The number of aromatic hydroxyl groups is 2. The van der Waals surface area contributed by atoms with Gasteiger partial charge in [-0.2, -0.15) is 0 Å². The predicted molar refractivity (Wildman–Crippen MR) is 518 cm³/mol. The predicted octanol–water partition coefficient (Wildman–Crippen LogP) is 14.1. The Hall–Kier alpha value is -18.9. The van der Waals surface area contributed by atoms with Crippen LogP contribution in [0, 0.1) is 40.7 Å². The van der Waals surface area contributed by atoms with Crippen molar-refractivity contribution in [2.75, 3.05) is 68.2 Å². The van der Waals surface area contributed by atoms with Crippen LogP contribution < -0.4 is 60.8 Å². The van der Waals surface area contributed by atoms with Gasteiger partial charge in [0.2, 0.25) is 6.79 Å². The summed E-state index contributed by atoms with van der Waals surface area (Å²) in [6.45, 7) is 1.72. The molecule has 0 saturated heterocycles. The maximum absolute atomic E-state index is 13.1. The molecule has 42 nitrogen and oxygen atoms in total. The summed E-state index contributed by atoms with van der Waals surface area (Å²) >= 11 is 0. The number of hydrogen-bond donors (Lipinski definition) is 13. The molecule has 2 saturated carbocycles. The first-order valence-corrected chi connectivity index (χ1v) is 44.8. The zero-order chi connectivity index (χ0) is 106. The zero-order valence-corrected chi connectivity index (χ0v) is 78.0. The number of carboxylic acids is 6. The number of anilines is 4. The number of para-hydroxylation sites is 3. The number of methoxy groups -OCH3 is 2. The molecule has 2 fully saturated rings. The van der Waals surface area contributed by atoms with Gasteiger partial charge in [0.1, 0.15) is 52.2 Å². The SMILES string of the molecule is COc1ccccc1C(=O)N/C(=C/c1ccc2c(c1)OCO2)C(=O)Nc1ccc(C(=O)O)cc1.COc1ccccc1N1C(=O)c2ccc(C(=O)Nc3cc(C(=O)O)cc(C(=O)O)c3)cc2C1=O.Cc1cc(=O)oc2cc(OCC(=O)Nc3ccc(O)c(C(=O)O)c3)ccc12.O=C(NCCOC(=O)c1ccc(O)c([N+](=O)[O-])c1)c1ccccc1.O=C(O)C1CCCCC1C(=O)CCCCOC(=O)C1CCCCC1C(=O)O. The summed E-state index contributed by atoms with van der Waals surface area (Å²) < 4.78 is 41.9. The standard InChI is InChI=1S/C25H20N2O7.C24H16N2O8.C20H30O7.C19H15NO7.C16H14N2O6/c1-32-20-5-3-2-4-18(20)23(28)27-19(12-15-6-11-21-22(13-15)34-14-33-21)24(29)26-17-9-7-16(8-10-17)25(30)31;1-34-19-5-3-2-4-18(19)26-21(28)16-7-6-12(11-17(16)22(26)29)20(27)25-15-9-13(23(30)31)8-14(10-15)24(32)33;21-17(13-7-1-2-8-14(13)18(22)23)11-5-6-12-27-20(26)16-10-4-3-9-15(16)19(24)25;1-10-6-18(23)27-16-8-12(3-4-13(10)16)26-9-17(22)20-11-2-5-15(21)14(7-11)19(24)25;19-14-7-6-12(10-13(14)18(22)23)16(21)24-9-8-17-15(20)11-4-2-1-3-5-11/h2-13H,14H2,1H3,(H,26,29)(H,27,28)(H,30,31);2-11H,1H3,(H,25,27)(H,30,31)(H,32,33);13-16H,1-12H2,(H,22,23)(H,24,25);2-8,21H,9H2,1H3,(H,20,22)(H,24,25);1-7,10,19H,8-9H2,(H,17,20)/b19-12+;;;;. The minimum Gasteiger partial charge on any atom is -0.507 e. The Balaban J connectivity index is 0.000000175. The number of aromatic carboxylic acids is 4. The lowest BCUT2D eigenvalue weighted by atomic mass is 9.76. The Morgan fingerprint density at radius 2 is 1.10 bits per heavy atom. The monoisotopic (exact) mass is 2000 g/mol. The summed E-state index contributed by atoms with van der Waals surface area (Å²) in [5, 5.41) is 98.0. The number of nitrogens with zero attached hydrogens (tertiary/aromatic N) is 2. The maximum Gasteiger partial charge on any atom is 0.339 e. The Morgan fingerprint density at radius 1 is 0.493 bits per heavy atom. The van der Waals surface area contributed by atoms with Crippen LogP contribution in [0.2, 0.25) is 0 Å². The molecule has 11 aromatic rings. The number of carbonyl (C=O) groups is 16. The van der Waals surface area contributed by atoms with Gasteiger partial charge >= 0.3 is 59.1 Å². The number of nitro groups is 1. The first-order chi connectivity index (χ1) is 69.9. The molecule has 4 unspecified atom stereocenters. The Kier molecular flexibility index (Phi) is 37.4. The lowest BCUT2D eigenvalue weighted by Crippen LogP contribution is -2.34. The number of aryl methyl sites for hydroxylation is 1. The summed E-state index contributed by atoms with van der Waals surface area (Å²) in [6.07, 6.45) is 8.53. The van der Waals surface area contributed by atoms with E-state index in [4.69, 9.17) is 47.8 Å². The van der Waals surface area contributed by atoms with Gasteiger partial charge in [-0.15, -0.1) is 0 Å². The van der Waals surface area contributed by atoms with Crippen LogP contribution in [-0.4, -0.2) is 188 Å². The first-order valence-electron chi connectivity index (χ1n) is 44.8. The molecule has 4 aliphatic rings. The van der Waals surface area contributed by atoms with Crippen molar-refractivity contribution in [1.82, 2.24) is 10.6 Å². The zero-order valence-electron chi connectivity index (χ0n) is 78.0. The number of esters is 2. The van der Waals surface area contributed by atoms with Crippen molar-refractivity contribution in [3.63, 3.8) is 0 Å². The first kappa shape index (κ1) is 107. The van der Waals surface area contributed by atoms with Gasteiger partial charge in [0.15, 0.2) is 23.9 Å². The number of imide groups is 1. The summed E-state index contributed by atoms with van der Waals surface area (Å²) in [4.78, 5) is 214. The third-order valence-electron chi connectivity index (χ3n) is 22.9. The van der Waals surface area contributed by atoms with Crippen LogP contribution in [-0.2, 0) is 38.2 Å². The van der Waals surface area contributed by atoms with Gasteiger partial charge in [0.25, 0.3) is 41.4 Å². The molecular weight excluding hydrogens is 1910 g/mol. The Morgan fingerprint density at radius 3 is 1.75 bits per heavy atom. The van der Waals surface area contributed by atoms with Gasteiger partial charge in [0, 0.05) is 64.1 Å². The third-order valence-corrected chi connectivity index (χ3v) is 22.9. The minimum atomic E-state index is -1.36. The fraction of sp³-hybridized carbons (Fsp3) is 0.221. The van der Waals surface area contributed by atoms with E-state index in [0.717, 1.165) is 77.9 Å². The molecule has 146 heavy (non-hydrogen) atoms. The van der Waals surface area contributed by atoms with Crippen LogP contribution in [0.15, 0.2) is 233 Å². The summed E-state index contributed by atoms with van der Waals surface area (Å²) in [6, 6.07) is 52.7. The van der Waals surface area contributed by atoms with Crippen LogP contribution in [0.3, 0.4) is 0 Å². The Labute approximate surface area is 828 Å². The summed E-state index contributed by atoms with van der Waals surface area (Å²) in [5.74, 6) is -13.1. The van der Waals surface area contributed by atoms with E-state index < -0.39 is 135 Å². The van der Waals surface area contributed by atoms with Crippen LogP contribution in [0.5, 0.6) is 40.2 Å². The van der Waals surface area contributed by atoms with Crippen molar-refractivity contribution in [2.45, 2.75) is 77.6 Å². The largest absolute Gasteiger partial charge is 0.507 e. The molecule has 7 amide bonds. The number of ether oxygens (including phenoxy) is 7. The van der Waals surface area contributed by atoms with Crippen molar-refractivity contribution in [3.8, 4) is 40.2 Å². The van der Waals surface area contributed by atoms with Gasteiger partial charge in [-0.05, 0) is 214 Å². The molecule has 0 bridgehead atoms. The van der Waals surface area contributed by atoms with E-state index in [1.54, 1.807) is 116 Å². The van der Waals surface area contributed by atoms with E-state index in [0.29, 0.717) is 96.1 Å². The van der Waals surface area contributed by atoms with Gasteiger partial charge in [-0.25, -0.2) is 33.7 Å². The molecular formula is C104H95N7O35. The Bertz CT molecular complexity index is 6880. The van der Waals surface area contributed by atoms with Crippen molar-refractivity contribution in [2.24, 2.45) is 23.7 Å². The van der Waals surface area contributed by atoms with Crippen molar-refractivity contribution >= 4 is 140 Å². The molecule has 0 spiro atoms. The molecule has 10 aromatic carbocycles. The second kappa shape index (κ2) is 50.8. The average Bonchev–Trinajstić information content (AvgIpc) is 1.60. The third kappa shape index (κ3) is 28.9. The highest BCUT2D eigenvalue weighted by Gasteiger charge is 2.41. The minimum absolute atomic E-state index is 0.00773. The second-order valence-corrected chi connectivity index (χ2v) is 32.7. The number of Topliss-reactive ketones (excluding diaryl/α,β-unsaturated/α-hetero) is 1. The van der Waals surface area contributed by atoms with Gasteiger partial charge < -0.3 is 105 Å². The number of phenolic OH excluding ortho intramolecular Hbond substituents is 1. The van der Waals surface area contributed by atoms with Gasteiger partial charge in [-0.3, -0.25) is 62.9 Å². The molecule has 13 N–H and O–H groups in total. The van der Waals surface area contributed by atoms with Crippen LogP contribution in [0.4, 0.5) is 28.4 Å². The normalized spacial score (nSPS) is 14.5. The van der Waals surface area contributed by atoms with E-state index in [1.165, 1.54) is 93.1 Å². The molecule has 1 aromatic heterocycles. The number of fused-ring (bicyclic) bond motifs is 3. The highest BCUT2D eigenvalue weighted by molar-refractivity contribution is 6.35. The summed E-state index contributed by atoms with van der Waals surface area (Å²) in [7, 11) is 2.86. The second-order valence-electron chi connectivity index (χ2n) is 32.7. The lowest BCUT2D eigenvalue weighted by Gasteiger charge is -2.27. The molecule has 2 aliphatic heterocycles. The number of carboxylic acid groups (broad SMARTS) is 6. The number of hydrogen-bond acceptors (Lipinski definition) is 29. The van der Waals surface area contributed by atoms with Gasteiger partial charge in [0.05, 0.1) is 94.7 Å². The number of unbranched alkanes of at least 4 members (excludes halogenated alkanes) is 1. The molecule has 0 radical (unpaired) electrons. The summed E-state index contributed by atoms with van der Waals surface area (Å²) in [5.41, 5.74) is 1.30. The molecule has 756 valence electrons. The number of nitro benzene ring substituents is 1. The van der Waals surface area contributed by atoms with Crippen molar-refractivity contribution in [3.05, 3.63) is 311 Å². The van der Waals surface area contributed by atoms with Crippen LogP contribution >= 0.6 is 0 Å². The van der Waals surface area contributed by atoms with E-state index in [-0.39, 0.29) is 118 Å². The fourth-order valence-corrected chi connectivity index (χ4v) is 15.6. The highest BCUT2D eigenvalue weighted by Crippen LogP contribution is 2.39.